The van der Waals surface area contributed by atoms with Gasteiger partial charge in [0.25, 0.3) is 0 Å². The molecule has 13 heavy (non-hydrogen) atoms. The van der Waals surface area contributed by atoms with Gasteiger partial charge in [0.1, 0.15) is 5.82 Å². The Balaban J connectivity index is 2.03. The van der Waals surface area contributed by atoms with Gasteiger partial charge in [-0.2, -0.15) is 0 Å². The van der Waals surface area contributed by atoms with Crippen molar-refractivity contribution in [3.8, 4) is 0 Å². The molecule has 0 radical (unpaired) electrons. The monoisotopic (exact) mass is 177 g/mol. The standard InChI is InChI=1S/C10H15N3/c1-10(2)6-8(10)13-9-5-7(11)3-4-12-9/h3-5,8H,6H2,1-2H3,(H3,11,12,13). The highest BCUT2D eigenvalue weighted by atomic mass is 15.1. The van der Waals surface area contributed by atoms with Gasteiger partial charge < -0.3 is 11.1 Å². The maximum absolute atomic E-state index is 5.64. The van der Waals surface area contributed by atoms with Crippen LogP contribution in [-0.4, -0.2) is 11.0 Å². The first kappa shape index (κ1) is 8.35. The van der Waals surface area contributed by atoms with Crippen molar-refractivity contribution in [3.63, 3.8) is 0 Å². The lowest BCUT2D eigenvalue weighted by Gasteiger charge is -2.07. The Morgan fingerprint density at radius 2 is 2.31 bits per heavy atom. The zero-order valence-corrected chi connectivity index (χ0v) is 8.04. The first-order valence-corrected chi connectivity index (χ1v) is 4.56. The lowest BCUT2D eigenvalue weighted by atomic mass is 10.2. The summed E-state index contributed by atoms with van der Waals surface area (Å²) >= 11 is 0. The maximum Gasteiger partial charge on any atom is 0.128 e. The molecule has 0 aromatic carbocycles. The van der Waals surface area contributed by atoms with E-state index in [-0.39, 0.29) is 0 Å². The van der Waals surface area contributed by atoms with Crippen LogP contribution in [-0.2, 0) is 0 Å². The van der Waals surface area contributed by atoms with Gasteiger partial charge in [-0.1, -0.05) is 13.8 Å². The Morgan fingerprint density at radius 3 is 2.85 bits per heavy atom. The predicted octanol–water partition coefficient (Wildman–Crippen LogP) is 1.87. The molecule has 3 heteroatoms. The zero-order chi connectivity index (χ0) is 9.47. The van der Waals surface area contributed by atoms with E-state index in [1.165, 1.54) is 6.42 Å². The molecule has 1 saturated carbocycles. The Hall–Kier alpha value is -1.25. The van der Waals surface area contributed by atoms with E-state index >= 15 is 0 Å². The highest BCUT2D eigenvalue weighted by Crippen LogP contribution is 2.46. The summed E-state index contributed by atoms with van der Waals surface area (Å²) in [5, 5.41) is 3.36. The summed E-state index contributed by atoms with van der Waals surface area (Å²) in [6.07, 6.45) is 2.94. The maximum atomic E-state index is 5.64. The first-order chi connectivity index (χ1) is 6.08. The van der Waals surface area contributed by atoms with E-state index in [0.29, 0.717) is 11.5 Å². The molecule has 0 saturated heterocycles. The predicted molar refractivity (Wildman–Crippen MR) is 54.5 cm³/mol. The summed E-state index contributed by atoms with van der Waals surface area (Å²) in [6, 6.07) is 4.22. The average molecular weight is 177 g/mol. The molecule has 1 atom stereocenters. The number of nitrogen functional groups attached to an aromatic ring is 1. The number of rotatable bonds is 2. The van der Waals surface area contributed by atoms with Gasteiger partial charge in [0.05, 0.1) is 0 Å². The van der Waals surface area contributed by atoms with E-state index in [9.17, 15) is 0 Å². The Kier molecular flexibility index (Phi) is 1.68. The number of pyridine rings is 1. The topological polar surface area (TPSA) is 50.9 Å². The summed E-state index contributed by atoms with van der Waals surface area (Å²) in [4.78, 5) is 4.19. The number of hydrogen-bond donors (Lipinski definition) is 2. The normalized spacial score (nSPS) is 24.0. The van der Waals surface area contributed by atoms with Crippen LogP contribution in [0.3, 0.4) is 0 Å². The number of nitrogens with one attached hydrogen (secondary N) is 1. The minimum Gasteiger partial charge on any atom is -0.399 e. The second-order valence-electron chi connectivity index (χ2n) is 4.36. The largest absolute Gasteiger partial charge is 0.399 e. The number of nitrogens with two attached hydrogens (primary N) is 1. The Labute approximate surface area is 78.4 Å². The van der Waals surface area contributed by atoms with Crippen molar-refractivity contribution in [2.75, 3.05) is 11.1 Å². The fourth-order valence-corrected chi connectivity index (χ4v) is 1.42. The SMILES string of the molecule is CC1(C)CC1Nc1cc(N)ccn1. The van der Waals surface area contributed by atoms with Crippen molar-refractivity contribution in [3.05, 3.63) is 18.3 Å². The van der Waals surface area contributed by atoms with Crippen LogP contribution < -0.4 is 11.1 Å². The van der Waals surface area contributed by atoms with Crippen LogP contribution in [0.5, 0.6) is 0 Å². The number of aromatic nitrogens is 1. The van der Waals surface area contributed by atoms with Gasteiger partial charge in [-0.3, -0.25) is 0 Å². The highest BCUT2D eigenvalue weighted by Gasteiger charge is 2.45. The molecule has 0 aliphatic heterocycles. The van der Waals surface area contributed by atoms with Crippen molar-refractivity contribution < 1.29 is 0 Å². The van der Waals surface area contributed by atoms with Crippen LogP contribution in [0.25, 0.3) is 0 Å². The molecule has 3 N–H and O–H groups in total. The minimum atomic E-state index is 0.423. The summed E-state index contributed by atoms with van der Waals surface area (Å²) in [6.45, 7) is 4.49. The van der Waals surface area contributed by atoms with Crippen LogP contribution >= 0.6 is 0 Å². The molecule has 0 spiro atoms. The van der Waals surface area contributed by atoms with E-state index in [0.717, 1.165) is 11.5 Å². The van der Waals surface area contributed by atoms with E-state index in [2.05, 4.69) is 24.1 Å². The lowest BCUT2D eigenvalue weighted by Crippen LogP contribution is -2.09. The second kappa shape index (κ2) is 2.62. The van der Waals surface area contributed by atoms with Gasteiger partial charge in [0.15, 0.2) is 0 Å². The van der Waals surface area contributed by atoms with Crippen molar-refractivity contribution in [2.24, 2.45) is 5.41 Å². The van der Waals surface area contributed by atoms with Gasteiger partial charge in [-0.15, -0.1) is 0 Å². The van der Waals surface area contributed by atoms with Crippen LogP contribution in [0.4, 0.5) is 11.5 Å². The fraction of sp³-hybridized carbons (Fsp3) is 0.500. The first-order valence-electron chi connectivity index (χ1n) is 4.56. The molecule has 0 amide bonds. The van der Waals surface area contributed by atoms with Gasteiger partial charge in [-0.05, 0) is 17.9 Å². The molecule has 0 bridgehead atoms. The molecule has 2 rings (SSSR count). The smallest absolute Gasteiger partial charge is 0.128 e. The fourth-order valence-electron chi connectivity index (χ4n) is 1.42. The molecule has 3 nitrogen and oxygen atoms in total. The summed E-state index contributed by atoms with van der Waals surface area (Å²) in [5.74, 6) is 0.885. The van der Waals surface area contributed by atoms with Crippen LogP contribution in [0, 0.1) is 5.41 Å². The van der Waals surface area contributed by atoms with Crippen molar-refractivity contribution in [1.82, 2.24) is 4.98 Å². The van der Waals surface area contributed by atoms with Crippen LogP contribution in [0.2, 0.25) is 0 Å². The molecule has 1 aromatic heterocycles. The zero-order valence-electron chi connectivity index (χ0n) is 8.04. The van der Waals surface area contributed by atoms with Crippen molar-refractivity contribution in [2.45, 2.75) is 26.3 Å². The molecule has 1 unspecified atom stereocenters. The molecule has 1 fully saturated rings. The molecule has 1 aliphatic carbocycles. The summed E-state index contributed by atoms with van der Waals surface area (Å²) in [7, 11) is 0. The van der Waals surface area contributed by atoms with Gasteiger partial charge >= 0.3 is 0 Å². The van der Waals surface area contributed by atoms with Crippen LogP contribution in [0.15, 0.2) is 18.3 Å². The highest BCUT2D eigenvalue weighted by molar-refractivity contribution is 5.49. The third-order valence-corrected chi connectivity index (χ3v) is 2.62. The van der Waals surface area contributed by atoms with Crippen LogP contribution in [0.1, 0.15) is 20.3 Å². The molecule has 1 aliphatic rings. The van der Waals surface area contributed by atoms with Gasteiger partial charge in [0, 0.05) is 24.0 Å². The lowest BCUT2D eigenvalue weighted by molar-refractivity contribution is 0.630. The number of hydrogen-bond acceptors (Lipinski definition) is 3. The molecular formula is C10H15N3. The van der Waals surface area contributed by atoms with E-state index in [1.807, 2.05) is 6.07 Å². The van der Waals surface area contributed by atoms with E-state index in [1.54, 1.807) is 12.3 Å². The number of anilines is 2. The van der Waals surface area contributed by atoms with Gasteiger partial charge in [0.2, 0.25) is 0 Å². The van der Waals surface area contributed by atoms with Crippen molar-refractivity contribution >= 4 is 11.5 Å². The number of nitrogens with zero attached hydrogens (tertiary/aromatic N) is 1. The molecule has 70 valence electrons. The third-order valence-electron chi connectivity index (χ3n) is 2.62. The van der Waals surface area contributed by atoms with Gasteiger partial charge in [-0.25, -0.2) is 4.98 Å². The third kappa shape index (κ3) is 1.74. The summed E-state index contributed by atoms with van der Waals surface area (Å²) < 4.78 is 0. The minimum absolute atomic E-state index is 0.423. The van der Waals surface area contributed by atoms with E-state index < -0.39 is 0 Å². The molecule has 1 aromatic rings. The Morgan fingerprint density at radius 1 is 1.62 bits per heavy atom. The Bertz CT molecular complexity index is 320. The second-order valence-corrected chi connectivity index (χ2v) is 4.36. The van der Waals surface area contributed by atoms with Crippen molar-refractivity contribution in [1.29, 1.82) is 0 Å². The quantitative estimate of drug-likeness (QED) is 0.725. The summed E-state index contributed by atoms with van der Waals surface area (Å²) in [5.41, 5.74) is 6.83. The molecule has 1 heterocycles. The average Bonchev–Trinajstić information content (AvgIpc) is 2.58. The molecular weight excluding hydrogens is 162 g/mol. The van der Waals surface area contributed by atoms with E-state index in [4.69, 9.17) is 5.73 Å².